The summed E-state index contributed by atoms with van der Waals surface area (Å²) in [6, 6.07) is 3.45. The number of methoxy groups -OCH3 is 1. The molecule has 1 aliphatic heterocycles. The third kappa shape index (κ3) is 2.91. The van der Waals surface area contributed by atoms with Crippen LogP contribution in [0.3, 0.4) is 0 Å². The van der Waals surface area contributed by atoms with Crippen molar-refractivity contribution in [2.45, 2.75) is 19.4 Å². The Hall–Kier alpha value is -1.33. The van der Waals surface area contributed by atoms with Gasteiger partial charge in [-0.3, -0.25) is 4.79 Å². The van der Waals surface area contributed by atoms with Gasteiger partial charge in [0.25, 0.3) is 5.91 Å². The second kappa shape index (κ2) is 6.02. The number of piperidine rings is 1. The third-order valence-electron chi connectivity index (χ3n) is 3.28. The molecule has 2 N–H and O–H groups in total. The third-order valence-corrected chi connectivity index (χ3v) is 3.28. The summed E-state index contributed by atoms with van der Waals surface area (Å²) in [7, 11) is 1.70. The number of amides is 1. The number of hydrogen-bond acceptors (Lipinski definition) is 4. The van der Waals surface area contributed by atoms with Crippen LogP contribution in [0.15, 0.2) is 16.5 Å². The molecule has 1 amide bonds. The summed E-state index contributed by atoms with van der Waals surface area (Å²) in [5.41, 5.74) is 5.47. The van der Waals surface area contributed by atoms with Gasteiger partial charge in [-0.25, -0.2) is 0 Å². The molecule has 5 heteroatoms. The molecule has 2 heterocycles. The topological polar surface area (TPSA) is 68.7 Å². The van der Waals surface area contributed by atoms with E-state index in [2.05, 4.69) is 0 Å². The van der Waals surface area contributed by atoms with E-state index in [0.717, 1.165) is 25.9 Å². The molecule has 5 nitrogen and oxygen atoms in total. The van der Waals surface area contributed by atoms with Crippen molar-refractivity contribution in [1.82, 2.24) is 4.90 Å². The fourth-order valence-corrected chi connectivity index (χ4v) is 2.38. The second-order valence-corrected chi connectivity index (χ2v) is 4.68. The highest BCUT2D eigenvalue weighted by Crippen LogP contribution is 2.19. The lowest BCUT2D eigenvalue weighted by molar-refractivity contribution is 0.0541. The average Bonchev–Trinajstić information content (AvgIpc) is 2.87. The Morgan fingerprint density at radius 1 is 1.61 bits per heavy atom. The molecule has 18 heavy (non-hydrogen) atoms. The lowest BCUT2D eigenvalue weighted by atomic mass is 9.99. The first-order chi connectivity index (χ1) is 8.74. The minimum Gasteiger partial charge on any atom is -0.455 e. The van der Waals surface area contributed by atoms with Crippen molar-refractivity contribution in [3.8, 4) is 0 Å². The van der Waals surface area contributed by atoms with Gasteiger partial charge in [0.05, 0.1) is 13.2 Å². The summed E-state index contributed by atoms with van der Waals surface area (Å²) >= 11 is 0. The number of carbonyl (C=O) groups excluding carboxylic acids is 1. The first kappa shape index (κ1) is 13.1. The molecule has 2 rings (SSSR count). The molecule has 0 bridgehead atoms. The van der Waals surface area contributed by atoms with Gasteiger partial charge in [-0.2, -0.15) is 0 Å². The largest absolute Gasteiger partial charge is 0.455 e. The number of hydrogen-bond donors (Lipinski definition) is 1. The highest BCUT2D eigenvalue weighted by atomic mass is 16.5. The van der Waals surface area contributed by atoms with Crippen LogP contribution in [0, 0.1) is 5.92 Å². The number of nitrogens with two attached hydrogens (primary N) is 1. The maximum atomic E-state index is 12.2. The van der Waals surface area contributed by atoms with Crippen molar-refractivity contribution >= 4 is 5.91 Å². The number of furan rings is 1. The van der Waals surface area contributed by atoms with Gasteiger partial charge >= 0.3 is 0 Å². The van der Waals surface area contributed by atoms with E-state index in [9.17, 15) is 4.79 Å². The zero-order valence-electron chi connectivity index (χ0n) is 10.7. The van der Waals surface area contributed by atoms with E-state index in [1.807, 2.05) is 4.90 Å². The summed E-state index contributed by atoms with van der Waals surface area (Å²) in [4.78, 5) is 14.1. The van der Waals surface area contributed by atoms with Gasteiger partial charge in [0, 0.05) is 20.2 Å². The van der Waals surface area contributed by atoms with Crippen LogP contribution in [0.4, 0.5) is 0 Å². The molecule has 100 valence electrons. The molecule has 1 fully saturated rings. The summed E-state index contributed by atoms with van der Waals surface area (Å²) in [6.45, 7) is 2.55. The monoisotopic (exact) mass is 252 g/mol. The fraction of sp³-hybridized carbons (Fsp3) is 0.615. The Morgan fingerprint density at radius 3 is 3.11 bits per heavy atom. The molecule has 1 atom stereocenters. The molecule has 0 aliphatic carbocycles. The Kier molecular flexibility index (Phi) is 4.38. The number of rotatable bonds is 4. The summed E-state index contributed by atoms with van der Waals surface area (Å²) in [5.74, 6) is 1.41. The quantitative estimate of drug-likeness (QED) is 0.875. The van der Waals surface area contributed by atoms with Gasteiger partial charge in [-0.1, -0.05) is 0 Å². The Bertz CT molecular complexity index is 401. The Balaban J connectivity index is 1.99. The molecule has 1 saturated heterocycles. The van der Waals surface area contributed by atoms with Crippen LogP contribution in [0.1, 0.15) is 29.2 Å². The standard InChI is InChI=1S/C13H20N2O3/c1-17-9-10-3-2-6-15(8-10)13(16)12-5-4-11(7-14)18-12/h4-5,10H,2-3,6-9,14H2,1H3. The van der Waals surface area contributed by atoms with Gasteiger partial charge < -0.3 is 19.8 Å². The minimum absolute atomic E-state index is 0.0458. The zero-order valence-corrected chi connectivity index (χ0v) is 10.7. The molecule has 1 aromatic heterocycles. The summed E-state index contributed by atoms with van der Waals surface area (Å²) in [6.07, 6.45) is 2.13. The molecule has 0 saturated carbocycles. The number of ether oxygens (including phenoxy) is 1. The lowest BCUT2D eigenvalue weighted by Crippen LogP contribution is -2.41. The fourth-order valence-electron chi connectivity index (χ4n) is 2.38. The van der Waals surface area contributed by atoms with Crippen LogP contribution in [0.25, 0.3) is 0 Å². The lowest BCUT2D eigenvalue weighted by Gasteiger charge is -2.31. The summed E-state index contributed by atoms with van der Waals surface area (Å²) in [5, 5.41) is 0. The number of nitrogens with zero attached hydrogens (tertiary/aromatic N) is 1. The van der Waals surface area contributed by atoms with E-state index >= 15 is 0 Å². The SMILES string of the molecule is COCC1CCCN(C(=O)c2ccc(CN)o2)C1. The average molecular weight is 252 g/mol. The van der Waals surface area contributed by atoms with Crippen molar-refractivity contribution < 1.29 is 13.9 Å². The molecule has 0 aromatic carbocycles. The molecule has 0 spiro atoms. The number of likely N-dealkylation sites (tertiary alicyclic amines) is 1. The van der Waals surface area contributed by atoms with E-state index in [-0.39, 0.29) is 5.91 Å². The molecule has 1 aromatic rings. The molecule has 1 aliphatic rings. The van der Waals surface area contributed by atoms with E-state index in [4.69, 9.17) is 14.9 Å². The van der Waals surface area contributed by atoms with Gasteiger partial charge in [0.15, 0.2) is 5.76 Å². The zero-order chi connectivity index (χ0) is 13.0. The van der Waals surface area contributed by atoms with Crippen LogP contribution < -0.4 is 5.73 Å². The normalized spacial score (nSPS) is 20.1. The molecule has 1 unspecified atom stereocenters. The van der Waals surface area contributed by atoms with Crippen LogP contribution in [0.5, 0.6) is 0 Å². The maximum Gasteiger partial charge on any atom is 0.289 e. The van der Waals surface area contributed by atoms with Crippen LogP contribution in [-0.4, -0.2) is 37.6 Å². The predicted octanol–water partition coefficient (Wildman–Crippen LogP) is 1.24. The van der Waals surface area contributed by atoms with E-state index in [1.165, 1.54) is 0 Å². The minimum atomic E-state index is -0.0458. The first-order valence-corrected chi connectivity index (χ1v) is 6.31. The van der Waals surface area contributed by atoms with Gasteiger partial charge in [-0.15, -0.1) is 0 Å². The van der Waals surface area contributed by atoms with Gasteiger partial charge in [-0.05, 0) is 30.9 Å². The summed E-state index contributed by atoms with van der Waals surface area (Å²) < 4.78 is 10.6. The Morgan fingerprint density at radius 2 is 2.44 bits per heavy atom. The molecular formula is C13H20N2O3. The van der Waals surface area contributed by atoms with E-state index in [0.29, 0.717) is 30.6 Å². The molecular weight excluding hydrogens is 232 g/mol. The van der Waals surface area contributed by atoms with Crippen LogP contribution in [0.2, 0.25) is 0 Å². The van der Waals surface area contributed by atoms with Gasteiger partial charge in [0.1, 0.15) is 5.76 Å². The van der Waals surface area contributed by atoms with Gasteiger partial charge in [0.2, 0.25) is 0 Å². The van der Waals surface area contributed by atoms with Crippen molar-refractivity contribution in [2.75, 3.05) is 26.8 Å². The first-order valence-electron chi connectivity index (χ1n) is 6.31. The maximum absolute atomic E-state index is 12.2. The van der Waals surface area contributed by atoms with Crippen molar-refractivity contribution in [3.05, 3.63) is 23.7 Å². The van der Waals surface area contributed by atoms with Crippen molar-refractivity contribution in [2.24, 2.45) is 11.7 Å². The van der Waals surface area contributed by atoms with E-state index < -0.39 is 0 Å². The highest BCUT2D eigenvalue weighted by molar-refractivity contribution is 5.91. The van der Waals surface area contributed by atoms with Crippen LogP contribution in [-0.2, 0) is 11.3 Å². The van der Waals surface area contributed by atoms with Crippen LogP contribution >= 0.6 is 0 Å². The van der Waals surface area contributed by atoms with Crippen molar-refractivity contribution in [3.63, 3.8) is 0 Å². The number of carbonyl (C=O) groups is 1. The smallest absolute Gasteiger partial charge is 0.289 e. The predicted molar refractivity (Wildman–Crippen MR) is 67.1 cm³/mol. The highest BCUT2D eigenvalue weighted by Gasteiger charge is 2.26. The molecule has 0 radical (unpaired) electrons. The second-order valence-electron chi connectivity index (χ2n) is 4.68. The van der Waals surface area contributed by atoms with E-state index in [1.54, 1.807) is 19.2 Å². The Labute approximate surface area is 107 Å². The van der Waals surface area contributed by atoms with Crippen molar-refractivity contribution in [1.29, 1.82) is 0 Å².